The van der Waals surface area contributed by atoms with Gasteiger partial charge in [-0.2, -0.15) is 0 Å². The Morgan fingerprint density at radius 3 is 2.22 bits per heavy atom. The maximum absolute atomic E-state index is 12.2. The van der Waals surface area contributed by atoms with Crippen LogP contribution in [0, 0.1) is 22.5 Å². The van der Waals surface area contributed by atoms with E-state index >= 15 is 0 Å². The number of benzene rings is 1. The zero-order valence-electron chi connectivity index (χ0n) is 10.9. The number of rotatable bonds is 3. The maximum atomic E-state index is 12.2. The first-order valence-electron chi connectivity index (χ1n) is 5.50. The summed E-state index contributed by atoms with van der Waals surface area (Å²) in [5, 5.41) is 10.7. The molecule has 0 fully saturated rings. The van der Waals surface area contributed by atoms with Crippen molar-refractivity contribution in [2.45, 2.75) is 32.6 Å². The van der Waals surface area contributed by atoms with Gasteiger partial charge in [-0.05, 0) is 24.0 Å². The minimum absolute atomic E-state index is 0.0177. The summed E-state index contributed by atoms with van der Waals surface area (Å²) >= 11 is 0. The minimum Gasteiger partial charge on any atom is -0.258 e. The third-order valence-corrected chi connectivity index (χ3v) is 4.43. The van der Waals surface area contributed by atoms with Crippen LogP contribution < -0.4 is 0 Å². The summed E-state index contributed by atoms with van der Waals surface area (Å²) in [4.78, 5) is 10.2. The maximum Gasteiger partial charge on any atom is 0.270 e. The van der Waals surface area contributed by atoms with Crippen LogP contribution in [0.5, 0.6) is 0 Å². The van der Waals surface area contributed by atoms with Crippen LogP contribution in [-0.4, -0.2) is 19.1 Å². The first kappa shape index (κ1) is 14.6. The number of aryl methyl sites for hydroxylation is 1. The van der Waals surface area contributed by atoms with E-state index in [9.17, 15) is 18.5 Å². The number of nitrogens with zero attached hydrogens (tertiary/aromatic N) is 1. The molecule has 0 heterocycles. The number of sulfone groups is 1. The molecular weight excluding hydrogens is 254 g/mol. The van der Waals surface area contributed by atoms with Gasteiger partial charge in [-0.25, -0.2) is 8.42 Å². The highest BCUT2D eigenvalue weighted by molar-refractivity contribution is 7.91. The zero-order valence-corrected chi connectivity index (χ0v) is 11.7. The molecule has 0 atom stereocenters. The number of non-ortho nitro benzene ring substituents is 1. The summed E-state index contributed by atoms with van der Waals surface area (Å²) in [6.07, 6.45) is 0. The Bertz CT molecular complexity index is 570. The largest absolute Gasteiger partial charge is 0.270 e. The van der Waals surface area contributed by atoms with E-state index in [2.05, 4.69) is 0 Å². The van der Waals surface area contributed by atoms with E-state index in [-0.39, 0.29) is 16.3 Å². The summed E-state index contributed by atoms with van der Waals surface area (Å²) in [5.41, 5.74) is -0.0173. The predicted octanol–water partition coefficient (Wildman–Crippen LogP) is 2.72. The van der Waals surface area contributed by atoms with Crippen LogP contribution in [0.15, 0.2) is 23.1 Å². The molecule has 100 valence electrons. The van der Waals surface area contributed by atoms with E-state index in [1.54, 1.807) is 6.92 Å². The van der Waals surface area contributed by atoms with E-state index in [1.807, 2.05) is 20.8 Å². The number of nitro benzene ring substituents is 1. The normalized spacial score (nSPS) is 12.4. The van der Waals surface area contributed by atoms with Crippen molar-refractivity contribution in [2.24, 2.45) is 5.41 Å². The average Bonchev–Trinajstić information content (AvgIpc) is 2.12. The Kier molecular flexibility index (Phi) is 3.81. The van der Waals surface area contributed by atoms with Gasteiger partial charge in [-0.15, -0.1) is 0 Å². The number of hydrogen-bond donors (Lipinski definition) is 0. The fourth-order valence-corrected chi connectivity index (χ4v) is 3.64. The molecule has 1 rings (SSSR count). The summed E-state index contributed by atoms with van der Waals surface area (Å²) in [6, 6.07) is 3.94. The molecule has 0 aromatic heterocycles. The van der Waals surface area contributed by atoms with Crippen LogP contribution in [0.1, 0.15) is 26.3 Å². The van der Waals surface area contributed by atoms with Crippen molar-refractivity contribution in [3.8, 4) is 0 Å². The molecule has 5 nitrogen and oxygen atoms in total. The van der Waals surface area contributed by atoms with Gasteiger partial charge in [0.1, 0.15) is 0 Å². The second kappa shape index (κ2) is 4.68. The molecule has 0 aliphatic rings. The Morgan fingerprint density at radius 1 is 1.22 bits per heavy atom. The lowest BCUT2D eigenvalue weighted by molar-refractivity contribution is -0.385. The van der Waals surface area contributed by atoms with Gasteiger partial charge in [0, 0.05) is 12.1 Å². The van der Waals surface area contributed by atoms with Crippen molar-refractivity contribution in [3.05, 3.63) is 33.9 Å². The third-order valence-electron chi connectivity index (χ3n) is 2.23. The van der Waals surface area contributed by atoms with Gasteiger partial charge in [-0.3, -0.25) is 10.1 Å². The molecular formula is C12H17NO4S. The van der Waals surface area contributed by atoms with Gasteiger partial charge in [0.05, 0.1) is 15.6 Å². The molecule has 0 N–H and O–H groups in total. The number of nitro groups is 1. The Morgan fingerprint density at radius 2 is 1.78 bits per heavy atom. The van der Waals surface area contributed by atoms with Gasteiger partial charge in [-0.1, -0.05) is 20.8 Å². The zero-order chi connectivity index (χ0) is 14.1. The van der Waals surface area contributed by atoms with Crippen molar-refractivity contribution in [2.75, 3.05) is 5.75 Å². The highest BCUT2D eigenvalue weighted by Gasteiger charge is 2.25. The Balaban J connectivity index is 3.29. The topological polar surface area (TPSA) is 77.3 Å². The summed E-state index contributed by atoms with van der Waals surface area (Å²) in [7, 11) is -3.50. The molecule has 18 heavy (non-hydrogen) atoms. The highest BCUT2D eigenvalue weighted by Crippen LogP contribution is 2.25. The first-order chi connectivity index (χ1) is 8.01. The van der Waals surface area contributed by atoms with Crippen molar-refractivity contribution in [1.82, 2.24) is 0 Å². The molecule has 0 unspecified atom stereocenters. The van der Waals surface area contributed by atoms with Crippen molar-refractivity contribution >= 4 is 15.5 Å². The molecule has 0 saturated heterocycles. The molecule has 0 amide bonds. The van der Waals surface area contributed by atoms with E-state index < -0.39 is 20.2 Å². The molecule has 6 heteroatoms. The molecule has 1 aromatic carbocycles. The molecule has 1 aromatic rings. The van der Waals surface area contributed by atoms with Crippen LogP contribution in [0.3, 0.4) is 0 Å². The molecule has 0 saturated carbocycles. The van der Waals surface area contributed by atoms with Gasteiger partial charge in [0.15, 0.2) is 9.84 Å². The van der Waals surface area contributed by atoms with Crippen molar-refractivity contribution in [3.63, 3.8) is 0 Å². The molecule has 0 bridgehead atoms. The van der Waals surface area contributed by atoms with E-state index in [1.165, 1.54) is 12.1 Å². The minimum atomic E-state index is -3.50. The monoisotopic (exact) mass is 271 g/mol. The summed E-state index contributed by atoms with van der Waals surface area (Å²) in [5.74, 6) is -0.0411. The van der Waals surface area contributed by atoms with Crippen molar-refractivity contribution in [1.29, 1.82) is 0 Å². The fourth-order valence-electron chi connectivity index (χ4n) is 1.67. The van der Waals surface area contributed by atoms with E-state index in [4.69, 9.17) is 0 Å². The first-order valence-corrected chi connectivity index (χ1v) is 7.15. The quantitative estimate of drug-likeness (QED) is 0.625. The average molecular weight is 271 g/mol. The fraction of sp³-hybridized carbons (Fsp3) is 0.500. The third kappa shape index (κ3) is 3.80. The summed E-state index contributed by atoms with van der Waals surface area (Å²) < 4.78 is 24.3. The summed E-state index contributed by atoms with van der Waals surface area (Å²) in [6.45, 7) is 7.08. The lowest BCUT2D eigenvalue weighted by Gasteiger charge is -2.18. The van der Waals surface area contributed by atoms with Crippen LogP contribution in [0.25, 0.3) is 0 Å². The Hall–Kier alpha value is -1.43. The highest BCUT2D eigenvalue weighted by atomic mass is 32.2. The van der Waals surface area contributed by atoms with Gasteiger partial charge in [0.2, 0.25) is 0 Å². The molecule has 0 spiro atoms. The second-order valence-electron chi connectivity index (χ2n) is 5.58. The molecule has 0 aliphatic carbocycles. The lowest BCUT2D eigenvalue weighted by Crippen LogP contribution is -2.21. The second-order valence-corrected chi connectivity index (χ2v) is 7.57. The van der Waals surface area contributed by atoms with Gasteiger partial charge >= 0.3 is 0 Å². The van der Waals surface area contributed by atoms with Crippen LogP contribution in [0.4, 0.5) is 5.69 Å². The standard InChI is InChI=1S/C12H17NO4S/c1-9-5-10(13(14)15)7-11(6-9)18(16,17)8-12(2,3)4/h5-7H,8H2,1-4H3. The van der Waals surface area contributed by atoms with Crippen LogP contribution in [0.2, 0.25) is 0 Å². The smallest absolute Gasteiger partial charge is 0.258 e. The number of hydrogen-bond acceptors (Lipinski definition) is 4. The Labute approximate surface area is 107 Å². The van der Waals surface area contributed by atoms with Gasteiger partial charge < -0.3 is 0 Å². The molecule has 0 radical (unpaired) electrons. The predicted molar refractivity (Wildman–Crippen MR) is 69.3 cm³/mol. The van der Waals surface area contributed by atoms with Crippen molar-refractivity contribution < 1.29 is 13.3 Å². The van der Waals surface area contributed by atoms with Crippen LogP contribution >= 0.6 is 0 Å². The SMILES string of the molecule is Cc1cc([N+](=O)[O-])cc(S(=O)(=O)CC(C)(C)C)c1. The molecule has 0 aliphatic heterocycles. The lowest BCUT2D eigenvalue weighted by atomic mass is 10.0. The van der Waals surface area contributed by atoms with Crippen LogP contribution in [-0.2, 0) is 9.84 Å². The van der Waals surface area contributed by atoms with E-state index in [0.717, 1.165) is 6.07 Å². The van der Waals surface area contributed by atoms with Gasteiger partial charge in [0.25, 0.3) is 5.69 Å². The van der Waals surface area contributed by atoms with E-state index in [0.29, 0.717) is 5.56 Å².